The van der Waals surface area contributed by atoms with Gasteiger partial charge in [0.15, 0.2) is 5.60 Å². The molecular weight excluding hydrogens is 563 g/mol. The van der Waals surface area contributed by atoms with Gasteiger partial charge in [0.05, 0.1) is 24.5 Å². The van der Waals surface area contributed by atoms with Gasteiger partial charge in [0.25, 0.3) is 0 Å². The summed E-state index contributed by atoms with van der Waals surface area (Å²) in [5.41, 5.74) is -1.60. The zero-order chi connectivity index (χ0) is 31.6. The average Bonchev–Trinajstić information content (AvgIpc) is 3.43. The fraction of sp³-hybridized carbons (Fsp3) is 0.484. The summed E-state index contributed by atoms with van der Waals surface area (Å²) in [6.45, 7) is 3.88. The number of carbonyl (C=O) groups is 4. The summed E-state index contributed by atoms with van der Waals surface area (Å²) < 4.78 is 20.9. The SMILES string of the molecule is CC(=O)NC1(c2ccccc2F)CCN(Cc2ccccc2OC2CCCC2)CC1.O=C(O)CC(O)(CC(=O)O)C(=O)O. The smallest absolute Gasteiger partial charge is 0.336 e. The zero-order valence-electron chi connectivity index (χ0n) is 24.1. The van der Waals surface area contributed by atoms with Gasteiger partial charge < -0.3 is 30.5 Å². The number of ether oxygens (including phenoxy) is 1. The molecule has 2 aromatic rings. The minimum Gasteiger partial charge on any atom is -0.490 e. The molecule has 1 aliphatic heterocycles. The second-order valence-electron chi connectivity index (χ2n) is 11.1. The van der Waals surface area contributed by atoms with Crippen molar-refractivity contribution in [1.29, 1.82) is 0 Å². The largest absolute Gasteiger partial charge is 0.490 e. The van der Waals surface area contributed by atoms with Gasteiger partial charge in [-0.2, -0.15) is 0 Å². The van der Waals surface area contributed by atoms with Crippen LogP contribution in [0.1, 0.15) is 69.4 Å². The second-order valence-corrected chi connectivity index (χ2v) is 11.1. The number of hydrogen-bond donors (Lipinski definition) is 5. The maximum Gasteiger partial charge on any atom is 0.336 e. The first kappa shape index (κ1) is 33.5. The lowest BCUT2D eigenvalue weighted by Crippen LogP contribution is -2.52. The maximum absolute atomic E-state index is 14.6. The molecule has 12 heteroatoms. The highest BCUT2D eigenvalue weighted by molar-refractivity contribution is 5.88. The van der Waals surface area contributed by atoms with Crippen molar-refractivity contribution in [2.24, 2.45) is 0 Å². The Bertz CT molecular complexity index is 1270. The minimum absolute atomic E-state index is 0.123. The third-order valence-corrected chi connectivity index (χ3v) is 7.76. The maximum atomic E-state index is 14.6. The van der Waals surface area contributed by atoms with Crippen LogP contribution < -0.4 is 10.1 Å². The van der Waals surface area contributed by atoms with Gasteiger partial charge in [-0.25, -0.2) is 9.18 Å². The normalized spacial score (nSPS) is 16.9. The predicted octanol–water partition coefficient (Wildman–Crippen LogP) is 3.53. The third kappa shape index (κ3) is 9.48. The Morgan fingerprint density at radius 2 is 1.51 bits per heavy atom. The predicted molar refractivity (Wildman–Crippen MR) is 153 cm³/mol. The fourth-order valence-electron chi connectivity index (χ4n) is 5.63. The molecule has 4 rings (SSSR count). The van der Waals surface area contributed by atoms with Crippen LogP contribution in [-0.4, -0.2) is 73.9 Å². The Labute approximate surface area is 249 Å². The van der Waals surface area contributed by atoms with Gasteiger partial charge in [-0.3, -0.25) is 19.3 Å². The molecule has 1 saturated carbocycles. The first-order chi connectivity index (χ1) is 20.3. The third-order valence-electron chi connectivity index (χ3n) is 7.76. The van der Waals surface area contributed by atoms with Crippen LogP contribution in [0.2, 0.25) is 0 Å². The number of halogens is 1. The standard InChI is InChI=1S/C25H31FN2O2.C6H8O7/c1-19(29)27-25(22-11-5-6-12-23(22)26)14-16-28(17-15-25)18-20-8-2-7-13-24(20)30-21-9-3-4-10-21;7-3(8)1-6(13,5(11)12)2-4(9)10/h2,5-8,11-13,21H,3-4,9-10,14-18H2,1H3,(H,27,29);13H,1-2H2,(H,7,8)(H,9,10)(H,11,12). The Hall–Kier alpha value is -4.03. The van der Waals surface area contributed by atoms with Crippen molar-refractivity contribution < 1.29 is 48.7 Å². The first-order valence-electron chi connectivity index (χ1n) is 14.2. The van der Waals surface area contributed by atoms with Gasteiger partial charge in [0.2, 0.25) is 5.91 Å². The van der Waals surface area contributed by atoms with Gasteiger partial charge in [0, 0.05) is 37.7 Å². The van der Waals surface area contributed by atoms with Crippen LogP contribution >= 0.6 is 0 Å². The van der Waals surface area contributed by atoms with Crippen molar-refractivity contribution >= 4 is 23.8 Å². The Morgan fingerprint density at radius 3 is 2.05 bits per heavy atom. The van der Waals surface area contributed by atoms with E-state index in [1.54, 1.807) is 12.1 Å². The molecule has 0 unspecified atom stereocenters. The summed E-state index contributed by atoms with van der Waals surface area (Å²) in [6, 6.07) is 15.1. The molecule has 2 aromatic carbocycles. The van der Waals surface area contributed by atoms with Gasteiger partial charge in [-0.1, -0.05) is 36.4 Å². The van der Waals surface area contributed by atoms with Gasteiger partial charge in [-0.15, -0.1) is 0 Å². The number of aliphatic carboxylic acids is 3. The number of nitrogens with zero attached hydrogens (tertiary/aromatic N) is 1. The molecule has 0 bridgehead atoms. The van der Waals surface area contributed by atoms with E-state index in [1.165, 1.54) is 31.4 Å². The van der Waals surface area contributed by atoms with Crippen LogP contribution in [0.25, 0.3) is 0 Å². The number of benzene rings is 2. The Balaban J connectivity index is 0.000000331. The van der Waals surface area contributed by atoms with Crippen molar-refractivity contribution in [3.05, 3.63) is 65.5 Å². The number of hydrogen-bond acceptors (Lipinski definition) is 7. The van der Waals surface area contributed by atoms with Crippen LogP contribution in [0, 0.1) is 5.82 Å². The van der Waals surface area contributed by atoms with Gasteiger partial charge in [-0.05, 0) is 50.7 Å². The highest BCUT2D eigenvalue weighted by atomic mass is 19.1. The summed E-state index contributed by atoms with van der Waals surface area (Å²) in [5, 5.41) is 36.9. The lowest BCUT2D eigenvalue weighted by atomic mass is 9.80. The molecule has 5 N–H and O–H groups in total. The second kappa shape index (κ2) is 14.9. The summed E-state index contributed by atoms with van der Waals surface area (Å²) in [5.74, 6) is -4.41. The average molecular weight is 603 g/mol. The number of para-hydroxylation sites is 1. The molecule has 2 fully saturated rings. The minimum atomic E-state index is -2.74. The van der Waals surface area contributed by atoms with E-state index in [4.69, 9.17) is 25.2 Å². The molecule has 0 radical (unpaired) electrons. The first-order valence-corrected chi connectivity index (χ1v) is 14.2. The van der Waals surface area contributed by atoms with E-state index >= 15 is 0 Å². The van der Waals surface area contributed by atoms with Gasteiger partial charge >= 0.3 is 17.9 Å². The van der Waals surface area contributed by atoms with Crippen LogP contribution in [0.5, 0.6) is 5.75 Å². The number of likely N-dealkylation sites (tertiary alicyclic amines) is 1. The molecule has 1 amide bonds. The van der Waals surface area contributed by atoms with Crippen LogP contribution in [-0.2, 0) is 31.3 Å². The van der Waals surface area contributed by atoms with E-state index in [2.05, 4.69) is 28.4 Å². The summed E-state index contributed by atoms with van der Waals surface area (Å²) in [6.07, 6.45) is 4.18. The van der Waals surface area contributed by atoms with Crippen molar-refractivity contribution in [3.63, 3.8) is 0 Å². The molecular formula is C31H39FN2O9. The molecule has 0 atom stereocenters. The van der Waals surface area contributed by atoms with Crippen LogP contribution in [0.3, 0.4) is 0 Å². The van der Waals surface area contributed by atoms with Crippen LogP contribution in [0.15, 0.2) is 48.5 Å². The molecule has 0 spiro atoms. The molecule has 43 heavy (non-hydrogen) atoms. The number of piperidine rings is 1. The zero-order valence-corrected chi connectivity index (χ0v) is 24.1. The Kier molecular flexibility index (Phi) is 11.6. The van der Waals surface area contributed by atoms with E-state index < -0.39 is 41.9 Å². The quantitative estimate of drug-likeness (QED) is 0.256. The molecule has 1 heterocycles. The number of carboxylic acids is 3. The summed E-state index contributed by atoms with van der Waals surface area (Å²) >= 11 is 0. The molecule has 1 saturated heterocycles. The summed E-state index contributed by atoms with van der Waals surface area (Å²) in [4.78, 5) is 44.8. The molecule has 1 aliphatic carbocycles. The van der Waals surface area contributed by atoms with Crippen molar-refractivity contribution in [3.8, 4) is 5.75 Å². The highest BCUT2D eigenvalue weighted by Gasteiger charge is 2.41. The number of amides is 1. The summed E-state index contributed by atoms with van der Waals surface area (Å²) in [7, 11) is 0. The van der Waals surface area contributed by atoms with Gasteiger partial charge in [0.1, 0.15) is 11.6 Å². The van der Waals surface area contributed by atoms with E-state index in [1.807, 2.05) is 12.1 Å². The molecule has 234 valence electrons. The molecule has 2 aliphatic rings. The number of rotatable bonds is 11. The lowest BCUT2D eigenvalue weighted by molar-refractivity contribution is -0.170. The Morgan fingerprint density at radius 1 is 0.953 bits per heavy atom. The fourth-order valence-corrected chi connectivity index (χ4v) is 5.63. The number of nitrogens with one attached hydrogen (secondary N) is 1. The molecule has 11 nitrogen and oxygen atoms in total. The van der Waals surface area contributed by atoms with E-state index in [-0.39, 0.29) is 11.7 Å². The van der Waals surface area contributed by atoms with Crippen LogP contribution in [0.4, 0.5) is 4.39 Å². The van der Waals surface area contributed by atoms with E-state index in [0.29, 0.717) is 24.5 Å². The van der Waals surface area contributed by atoms with Crippen molar-refractivity contribution in [2.75, 3.05) is 13.1 Å². The van der Waals surface area contributed by atoms with E-state index in [0.717, 1.165) is 38.2 Å². The molecule has 0 aromatic heterocycles. The number of aliphatic hydroxyl groups is 1. The van der Waals surface area contributed by atoms with E-state index in [9.17, 15) is 23.6 Å². The highest BCUT2D eigenvalue weighted by Crippen LogP contribution is 2.36. The lowest BCUT2D eigenvalue weighted by Gasteiger charge is -2.43. The number of carbonyl (C=O) groups excluding carboxylic acids is 1. The number of carboxylic acid groups (broad SMARTS) is 3. The van der Waals surface area contributed by atoms with Crippen molar-refractivity contribution in [2.45, 2.75) is 82.1 Å². The topological polar surface area (TPSA) is 174 Å². The monoisotopic (exact) mass is 602 g/mol. The van der Waals surface area contributed by atoms with Crippen molar-refractivity contribution in [1.82, 2.24) is 10.2 Å².